The van der Waals surface area contributed by atoms with Gasteiger partial charge in [-0.2, -0.15) is 0 Å². The maximum absolute atomic E-state index is 4.90. The van der Waals surface area contributed by atoms with E-state index in [0.29, 0.717) is 6.73 Å². The fraction of sp³-hybridized carbons (Fsp3) is 0.300. The molecular weight excluding hydrogens is 178 g/mol. The number of ether oxygens (including phenoxy) is 1. The Morgan fingerprint density at radius 2 is 2.43 bits per heavy atom. The van der Waals surface area contributed by atoms with E-state index >= 15 is 0 Å². The molecule has 14 heavy (non-hydrogen) atoms. The Morgan fingerprint density at radius 1 is 1.50 bits per heavy atom. The van der Waals surface area contributed by atoms with Crippen molar-refractivity contribution in [1.29, 1.82) is 0 Å². The third-order valence-electron chi connectivity index (χ3n) is 2.06. The van der Waals surface area contributed by atoms with Crippen LogP contribution in [-0.2, 0) is 11.3 Å². The van der Waals surface area contributed by atoms with Crippen molar-refractivity contribution >= 4 is 11.0 Å². The Hall–Kier alpha value is -1.39. The van der Waals surface area contributed by atoms with E-state index in [1.165, 1.54) is 5.56 Å². The van der Waals surface area contributed by atoms with Crippen LogP contribution in [0.15, 0.2) is 24.5 Å². The number of H-pyrrole nitrogens is 1. The van der Waals surface area contributed by atoms with Gasteiger partial charge in [-0.25, -0.2) is 4.98 Å². The fourth-order valence-corrected chi connectivity index (χ4v) is 1.39. The SMILES string of the molecule is COCNCc1ccc2nc[nH]c2c1. The molecule has 0 aliphatic rings. The highest BCUT2D eigenvalue weighted by molar-refractivity contribution is 5.74. The van der Waals surface area contributed by atoms with Crippen LogP contribution in [0.3, 0.4) is 0 Å². The number of methoxy groups -OCH3 is 1. The van der Waals surface area contributed by atoms with E-state index in [-0.39, 0.29) is 0 Å². The molecular formula is C10H13N3O. The summed E-state index contributed by atoms with van der Waals surface area (Å²) in [5.41, 5.74) is 3.29. The van der Waals surface area contributed by atoms with Crippen LogP contribution >= 0.6 is 0 Å². The van der Waals surface area contributed by atoms with Crippen molar-refractivity contribution in [3.8, 4) is 0 Å². The quantitative estimate of drug-likeness (QED) is 0.565. The van der Waals surface area contributed by atoms with E-state index in [2.05, 4.69) is 27.4 Å². The second-order valence-corrected chi connectivity index (χ2v) is 3.11. The second-order valence-electron chi connectivity index (χ2n) is 3.11. The minimum Gasteiger partial charge on any atom is -0.370 e. The van der Waals surface area contributed by atoms with Crippen LogP contribution < -0.4 is 5.32 Å². The zero-order chi connectivity index (χ0) is 9.80. The minimum absolute atomic E-state index is 0.570. The summed E-state index contributed by atoms with van der Waals surface area (Å²) in [6.45, 7) is 1.38. The lowest BCUT2D eigenvalue weighted by atomic mass is 10.2. The van der Waals surface area contributed by atoms with Crippen molar-refractivity contribution in [1.82, 2.24) is 15.3 Å². The first-order chi connectivity index (χ1) is 6.90. The topological polar surface area (TPSA) is 49.9 Å². The monoisotopic (exact) mass is 191 g/mol. The molecule has 0 bridgehead atoms. The zero-order valence-electron chi connectivity index (χ0n) is 8.08. The third-order valence-corrected chi connectivity index (χ3v) is 2.06. The molecule has 2 aromatic rings. The third kappa shape index (κ3) is 1.92. The normalized spacial score (nSPS) is 10.9. The predicted molar refractivity (Wildman–Crippen MR) is 54.8 cm³/mol. The van der Waals surface area contributed by atoms with E-state index in [9.17, 15) is 0 Å². The summed E-state index contributed by atoms with van der Waals surface area (Å²) in [5.74, 6) is 0. The summed E-state index contributed by atoms with van der Waals surface area (Å²) in [4.78, 5) is 7.24. The molecule has 1 aromatic carbocycles. The number of hydrogen-bond donors (Lipinski definition) is 2. The van der Waals surface area contributed by atoms with Gasteiger partial charge in [0.1, 0.15) is 0 Å². The Morgan fingerprint density at radius 3 is 3.29 bits per heavy atom. The summed E-state index contributed by atoms with van der Waals surface area (Å²) in [6.07, 6.45) is 1.71. The Bertz CT molecular complexity index is 410. The highest BCUT2D eigenvalue weighted by Crippen LogP contribution is 2.10. The van der Waals surface area contributed by atoms with Crippen LogP contribution in [0.5, 0.6) is 0 Å². The Labute approximate surface area is 82.3 Å². The molecule has 0 aliphatic heterocycles. The lowest BCUT2D eigenvalue weighted by Crippen LogP contribution is -2.15. The molecule has 0 unspecified atom stereocenters. The van der Waals surface area contributed by atoms with Gasteiger partial charge in [-0.1, -0.05) is 6.07 Å². The lowest BCUT2D eigenvalue weighted by molar-refractivity contribution is 0.174. The second kappa shape index (κ2) is 4.21. The molecule has 1 aromatic heterocycles. The molecule has 2 N–H and O–H groups in total. The minimum atomic E-state index is 0.570. The van der Waals surface area contributed by atoms with Gasteiger partial charge in [-0.05, 0) is 17.7 Å². The Balaban J connectivity index is 2.10. The van der Waals surface area contributed by atoms with Crippen LogP contribution in [0.25, 0.3) is 11.0 Å². The van der Waals surface area contributed by atoms with Gasteiger partial charge in [-0.15, -0.1) is 0 Å². The summed E-state index contributed by atoms with van der Waals surface area (Å²) in [7, 11) is 1.67. The predicted octanol–water partition coefficient (Wildman–Crippen LogP) is 1.26. The van der Waals surface area contributed by atoms with Crippen LogP contribution in [0.1, 0.15) is 5.56 Å². The molecule has 0 radical (unpaired) electrons. The van der Waals surface area contributed by atoms with Crippen LogP contribution in [0, 0.1) is 0 Å². The molecule has 74 valence electrons. The fourth-order valence-electron chi connectivity index (χ4n) is 1.39. The van der Waals surface area contributed by atoms with Gasteiger partial charge in [0, 0.05) is 13.7 Å². The average molecular weight is 191 g/mol. The number of imidazole rings is 1. The van der Waals surface area contributed by atoms with Crippen molar-refractivity contribution in [3.05, 3.63) is 30.1 Å². The number of nitrogens with one attached hydrogen (secondary N) is 2. The van der Waals surface area contributed by atoms with Gasteiger partial charge < -0.3 is 9.72 Å². The van der Waals surface area contributed by atoms with Gasteiger partial charge in [0.2, 0.25) is 0 Å². The molecule has 0 saturated carbocycles. The molecule has 0 spiro atoms. The number of benzene rings is 1. The number of aromatic nitrogens is 2. The van der Waals surface area contributed by atoms with E-state index in [1.54, 1.807) is 13.4 Å². The number of nitrogens with zero attached hydrogens (tertiary/aromatic N) is 1. The van der Waals surface area contributed by atoms with E-state index in [4.69, 9.17) is 4.74 Å². The molecule has 0 aliphatic carbocycles. The molecule has 0 atom stereocenters. The summed E-state index contributed by atoms with van der Waals surface area (Å²) in [5, 5.41) is 3.15. The van der Waals surface area contributed by atoms with Gasteiger partial charge in [0.15, 0.2) is 0 Å². The number of hydrogen-bond acceptors (Lipinski definition) is 3. The molecule has 2 rings (SSSR count). The van der Waals surface area contributed by atoms with Crippen molar-refractivity contribution in [2.24, 2.45) is 0 Å². The van der Waals surface area contributed by atoms with Gasteiger partial charge in [-0.3, -0.25) is 5.32 Å². The maximum Gasteiger partial charge on any atom is 0.0964 e. The first-order valence-electron chi connectivity index (χ1n) is 4.52. The van der Waals surface area contributed by atoms with Crippen molar-refractivity contribution in [2.75, 3.05) is 13.8 Å². The molecule has 4 heteroatoms. The van der Waals surface area contributed by atoms with E-state index < -0.39 is 0 Å². The highest BCUT2D eigenvalue weighted by atomic mass is 16.5. The molecule has 0 amide bonds. The average Bonchev–Trinajstić information content (AvgIpc) is 2.65. The van der Waals surface area contributed by atoms with Crippen LogP contribution in [0.4, 0.5) is 0 Å². The number of rotatable bonds is 4. The zero-order valence-corrected chi connectivity index (χ0v) is 8.08. The van der Waals surface area contributed by atoms with Crippen LogP contribution in [-0.4, -0.2) is 23.8 Å². The smallest absolute Gasteiger partial charge is 0.0964 e. The summed E-state index contributed by atoms with van der Waals surface area (Å²) in [6, 6.07) is 6.16. The molecule has 4 nitrogen and oxygen atoms in total. The lowest BCUT2D eigenvalue weighted by Gasteiger charge is -2.02. The van der Waals surface area contributed by atoms with E-state index in [0.717, 1.165) is 17.6 Å². The van der Waals surface area contributed by atoms with Crippen molar-refractivity contribution in [3.63, 3.8) is 0 Å². The molecule has 0 fully saturated rings. The Kier molecular flexibility index (Phi) is 2.76. The van der Waals surface area contributed by atoms with Gasteiger partial charge in [0.05, 0.1) is 24.1 Å². The van der Waals surface area contributed by atoms with Gasteiger partial charge in [0.25, 0.3) is 0 Å². The number of aromatic amines is 1. The summed E-state index contributed by atoms with van der Waals surface area (Å²) >= 11 is 0. The first-order valence-corrected chi connectivity index (χ1v) is 4.52. The maximum atomic E-state index is 4.90. The van der Waals surface area contributed by atoms with Crippen molar-refractivity contribution < 1.29 is 4.74 Å². The molecule has 1 heterocycles. The first kappa shape index (κ1) is 9.18. The summed E-state index contributed by atoms with van der Waals surface area (Å²) < 4.78 is 4.90. The number of fused-ring (bicyclic) bond motifs is 1. The largest absolute Gasteiger partial charge is 0.370 e. The van der Waals surface area contributed by atoms with Crippen LogP contribution in [0.2, 0.25) is 0 Å². The van der Waals surface area contributed by atoms with Gasteiger partial charge >= 0.3 is 0 Å². The van der Waals surface area contributed by atoms with E-state index in [1.807, 2.05) is 6.07 Å². The highest BCUT2D eigenvalue weighted by Gasteiger charge is 1.97. The molecule has 0 saturated heterocycles. The standard InChI is InChI=1S/C10H13N3O/c1-14-7-11-5-8-2-3-9-10(4-8)13-6-12-9/h2-4,6,11H,5,7H2,1H3,(H,12,13). The van der Waals surface area contributed by atoms with Crippen molar-refractivity contribution in [2.45, 2.75) is 6.54 Å².